The highest BCUT2D eigenvalue weighted by Crippen LogP contribution is 2.09. The van der Waals surface area contributed by atoms with Crippen LogP contribution in [-0.4, -0.2) is 24.5 Å². The van der Waals surface area contributed by atoms with Crippen molar-refractivity contribution in [3.63, 3.8) is 0 Å². The van der Waals surface area contributed by atoms with Crippen LogP contribution in [0.1, 0.15) is 11.1 Å². The zero-order valence-corrected chi connectivity index (χ0v) is 11.4. The van der Waals surface area contributed by atoms with Crippen molar-refractivity contribution < 1.29 is 9.53 Å². The first kappa shape index (κ1) is 14.3. The Kier molecular flexibility index (Phi) is 5.80. The van der Waals surface area contributed by atoms with Gasteiger partial charge in [-0.15, -0.1) is 0 Å². The van der Waals surface area contributed by atoms with Crippen LogP contribution >= 0.6 is 0 Å². The van der Waals surface area contributed by atoms with Gasteiger partial charge in [0.2, 0.25) is 0 Å². The second kappa shape index (κ2) is 8.12. The summed E-state index contributed by atoms with van der Waals surface area (Å²) in [4.78, 5) is 12.4. The van der Waals surface area contributed by atoms with Crippen LogP contribution in [0, 0.1) is 0 Å². The molecule has 103 valence electrons. The van der Waals surface area contributed by atoms with Gasteiger partial charge in [-0.2, -0.15) is 0 Å². The molecule has 3 heteroatoms. The van der Waals surface area contributed by atoms with Gasteiger partial charge in [0.05, 0.1) is 0 Å². The van der Waals surface area contributed by atoms with Gasteiger partial charge in [0, 0.05) is 19.6 Å². The van der Waals surface area contributed by atoms with Crippen LogP contribution in [0.4, 0.5) is 0 Å². The minimum absolute atomic E-state index is 0.364. The van der Waals surface area contributed by atoms with Gasteiger partial charge >= 0.3 is 6.47 Å². The molecule has 0 unspecified atom stereocenters. The molecule has 0 fully saturated rings. The Labute approximate surface area is 119 Å². The third-order valence-electron chi connectivity index (χ3n) is 3.07. The lowest BCUT2D eigenvalue weighted by molar-refractivity contribution is 0.184. The van der Waals surface area contributed by atoms with Gasteiger partial charge in [-0.1, -0.05) is 60.7 Å². The van der Waals surface area contributed by atoms with E-state index in [1.807, 2.05) is 36.4 Å². The predicted octanol–water partition coefficient (Wildman–Crippen LogP) is 2.77. The van der Waals surface area contributed by atoms with E-state index in [0.29, 0.717) is 13.2 Å². The van der Waals surface area contributed by atoms with E-state index in [1.165, 1.54) is 17.6 Å². The summed E-state index contributed by atoms with van der Waals surface area (Å²) in [6.07, 6.45) is 0. The number of carbonyl (C=O) groups excluding carboxylic acids is 1. The molecule has 0 saturated carbocycles. The smallest absolute Gasteiger partial charge is 0.417 e. The van der Waals surface area contributed by atoms with Gasteiger partial charge in [-0.25, -0.2) is 4.79 Å². The van der Waals surface area contributed by atoms with Crippen molar-refractivity contribution in [2.45, 2.75) is 13.1 Å². The van der Waals surface area contributed by atoms with Crippen molar-refractivity contribution in [2.75, 3.05) is 13.2 Å². The lowest BCUT2D eigenvalue weighted by Gasteiger charge is -2.22. The minimum Gasteiger partial charge on any atom is -0.456 e. The Bertz CT molecular complexity index is 457. The first-order valence-corrected chi connectivity index (χ1v) is 6.67. The van der Waals surface area contributed by atoms with Crippen LogP contribution in [0.25, 0.3) is 0 Å². The Morgan fingerprint density at radius 1 is 0.850 bits per heavy atom. The van der Waals surface area contributed by atoms with Crippen LogP contribution in [0.3, 0.4) is 0 Å². The molecule has 20 heavy (non-hydrogen) atoms. The molecule has 0 bridgehead atoms. The van der Waals surface area contributed by atoms with Crippen molar-refractivity contribution in [1.82, 2.24) is 4.90 Å². The zero-order chi connectivity index (χ0) is 14.0. The molecule has 2 aromatic carbocycles. The fourth-order valence-electron chi connectivity index (χ4n) is 2.11. The summed E-state index contributed by atoms with van der Waals surface area (Å²) in [5.74, 6) is 0. The van der Waals surface area contributed by atoms with Gasteiger partial charge in [0.25, 0.3) is 0 Å². The highest BCUT2D eigenvalue weighted by Gasteiger charge is 2.07. The lowest BCUT2D eigenvalue weighted by Crippen LogP contribution is -2.26. The first-order chi connectivity index (χ1) is 9.88. The monoisotopic (exact) mass is 268 g/mol. The lowest BCUT2D eigenvalue weighted by atomic mass is 10.1. The normalized spacial score (nSPS) is 10.4. The van der Waals surface area contributed by atoms with Gasteiger partial charge < -0.3 is 4.74 Å². The molecule has 0 aliphatic heterocycles. The molecule has 0 amide bonds. The maximum absolute atomic E-state index is 10.1. The number of benzene rings is 2. The van der Waals surface area contributed by atoms with E-state index in [9.17, 15) is 4.79 Å². The average molecular weight is 268 g/mol. The summed E-state index contributed by atoms with van der Waals surface area (Å²) in [5.41, 5.74) is 2.50. The van der Waals surface area contributed by atoms with E-state index >= 15 is 0 Å². The van der Waals surface area contributed by atoms with Gasteiger partial charge in [-0.3, -0.25) is 4.90 Å². The van der Waals surface area contributed by atoms with Gasteiger partial charge in [-0.05, 0) is 11.1 Å². The standard InChI is InChI=1S/C17H18NO2/c19-15-20-12-11-18(13-16-7-3-1-4-8-16)14-17-9-5-2-6-10-17/h1-10H,11-14H2. The molecule has 0 aliphatic rings. The largest absolute Gasteiger partial charge is 0.456 e. The Hall–Kier alpha value is -2.13. The fourth-order valence-corrected chi connectivity index (χ4v) is 2.11. The molecular weight excluding hydrogens is 250 g/mol. The van der Waals surface area contributed by atoms with Crippen molar-refractivity contribution in [1.29, 1.82) is 0 Å². The molecule has 1 radical (unpaired) electrons. The number of hydrogen-bond donors (Lipinski definition) is 0. The average Bonchev–Trinajstić information content (AvgIpc) is 2.49. The third kappa shape index (κ3) is 4.86. The van der Waals surface area contributed by atoms with Crippen LogP contribution in [0.5, 0.6) is 0 Å². The van der Waals surface area contributed by atoms with Gasteiger partial charge in [0.1, 0.15) is 6.61 Å². The molecule has 3 nitrogen and oxygen atoms in total. The van der Waals surface area contributed by atoms with Crippen molar-refractivity contribution >= 4 is 6.47 Å². The Morgan fingerprint density at radius 3 is 1.80 bits per heavy atom. The van der Waals surface area contributed by atoms with Crippen LogP contribution < -0.4 is 0 Å². The van der Waals surface area contributed by atoms with E-state index in [4.69, 9.17) is 4.74 Å². The third-order valence-corrected chi connectivity index (χ3v) is 3.07. The maximum Gasteiger partial charge on any atom is 0.417 e. The Morgan fingerprint density at radius 2 is 1.35 bits per heavy atom. The van der Waals surface area contributed by atoms with Crippen LogP contribution in [0.15, 0.2) is 60.7 Å². The molecule has 0 aliphatic carbocycles. The molecule has 2 aromatic rings. The molecule has 0 saturated heterocycles. The summed E-state index contributed by atoms with van der Waals surface area (Å²) in [7, 11) is 0. The number of nitrogens with zero attached hydrogens (tertiary/aromatic N) is 1. The highest BCUT2D eigenvalue weighted by molar-refractivity contribution is 5.38. The maximum atomic E-state index is 10.1. The van der Waals surface area contributed by atoms with E-state index < -0.39 is 0 Å². The first-order valence-electron chi connectivity index (χ1n) is 6.67. The van der Waals surface area contributed by atoms with E-state index in [1.54, 1.807) is 0 Å². The molecular formula is C17H18NO2. The summed E-state index contributed by atoms with van der Waals surface area (Å²) >= 11 is 0. The van der Waals surface area contributed by atoms with Crippen molar-refractivity contribution in [3.05, 3.63) is 71.8 Å². The van der Waals surface area contributed by atoms with Crippen molar-refractivity contribution in [3.8, 4) is 0 Å². The molecule has 0 aromatic heterocycles. The number of hydrogen-bond acceptors (Lipinski definition) is 3. The van der Waals surface area contributed by atoms with Crippen LogP contribution in [0.2, 0.25) is 0 Å². The number of rotatable bonds is 8. The summed E-state index contributed by atoms with van der Waals surface area (Å²) in [5, 5.41) is 0. The molecule has 0 heterocycles. The van der Waals surface area contributed by atoms with E-state index in [0.717, 1.165) is 13.1 Å². The predicted molar refractivity (Wildman–Crippen MR) is 78.6 cm³/mol. The molecule has 0 N–H and O–H groups in total. The summed E-state index contributed by atoms with van der Waals surface area (Å²) < 4.78 is 4.69. The van der Waals surface area contributed by atoms with E-state index in [2.05, 4.69) is 29.2 Å². The topological polar surface area (TPSA) is 29.5 Å². The number of ether oxygens (including phenoxy) is 1. The second-order valence-corrected chi connectivity index (χ2v) is 4.61. The highest BCUT2D eigenvalue weighted by atomic mass is 16.5. The van der Waals surface area contributed by atoms with Crippen molar-refractivity contribution in [2.24, 2.45) is 0 Å². The SMILES string of the molecule is O=[C]OCCN(Cc1ccccc1)Cc1ccccc1. The summed E-state index contributed by atoms with van der Waals surface area (Å²) in [6.45, 7) is 4.19. The van der Waals surface area contributed by atoms with Crippen LogP contribution in [-0.2, 0) is 22.6 Å². The van der Waals surface area contributed by atoms with E-state index in [-0.39, 0.29) is 0 Å². The molecule has 0 spiro atoms. The Balaban J connectivity index is 1.98. The molecule has 0 atom stereocenters. The summed E-state index contributed by atoms with van der Waals surface area (Å²) in [6, 6.07) is 20.6. The zero-order valence-electron chi connectivity index (χ0n) is 11.4. The fraction of sp³-hybridized carbons (Fsp3) is 0.235. The minimum atomic E-state index is 0.364. The quantitative estimate of drug-likeness (QED) is 0.689. The van der Waals surface area contributed by atoms with Gasteiger partial charge in [0.15, 0.2) is 0 Å². The molecule has 2 rings (SSSR count). The second-order valence-electron chi connectivity index (χ2n) is 4.61.